The first-order chi connectivity index (χ1) is 12.5. The van der Waals surface area contributed by atoms with E-state index in [4.69, 9.17) is 0 Å². The molecule has 0 bridgehead atoms. The van der Waals surface area contributed by atoms with Gasteiger partial charge in [-0.3, -0.25) is 9.59 Å². The van der Waals surface area contributed by atoms with Gasteiger partial charge in [0.15, 0.2) is 0 Å². The summed E-state index contributed by atoms with van der Waals surface area (Å²) in [4.78, 5) is 24.8. The Balaban J connectivity index is 1.69. The number of aryl methyl sites for hydroxylation is 2. The van der Waals surface area contributed by atoms with Crippen LogP contribution in [0.25, 0.3) is 0 Å². The van der Waals surface area contributed by atoms with E-state index in [1.165, 1.54) is 17.5 Å². The molecule has 1 unspecified atom stereocenters. The zero-order chi connectivity index (χ0) is 18.5. The van der Waals surface area contributed by atoms with Crippen LogP contribution in [0.15, 0.2) is 47.4 Å². The highest BCUT2D eigenvalue weighted by Crippen LogP contribution is 2.24. The SMILES string of the molecule is CSc1ccc(C(CC(=O)O)NC(=O)Cc2ccc3c(c2)CCC3)cc1. The Hall–Kier alpha value is -2.27. The summed E-state index contributed by atoms with van der Waals surface area (Å²) in [6.45, 7) is 0. The first-order valence-corrected chi connectivity index (χ1v) is 10.0. The smallest absolute Gasteiger partial charge is 0.305 e. The number of hydrogen-bond donors (Lipinski definition) is 2. The number of carboxylic acids is 1. The number of rotatable bonds is 7. The van der Waals surface area contributed by atoms with Crippen molar-refractivity contribution >= 4 is 23.6 Å². The van der Waals surface area contributed by atoms with Gasteiger partial charge in [-0.1, -0.05) is 30.3 Å². The van der Waals surface area contributed by atoms with Crippen LogP contribution in [0.1, 0.15) is 41.1 Å². The molecule has 0 aliphatic heterocycles. The summed E-state index contributed by atoms with van der Waals surface area (Å²) < 4.78 is 0. The summed E-state index contributed by atoms with van der Waals surface area (Å²) >= 11 is 1.62. The minimum absolute atomic E-state index is 0.130. The first kappa shape index (κ1) is 18.5. The second kappa shape index (κ2) is 8.41. The highest BCUT2D eigenvalue weighted by Gasteiger charge is 2.19. The Kier molecular flexibility index (Phi) is 5.99. The predicted molar refractivity (Wildman–Crippen MR) is 104 cm³/mol. The van der Waals surface area contributed by atoms with Crippen LogP contribution in [0, 0.1) is 0 Å². The van der Waals surface area contributed by atoms with E-state index in [1.807, 2.05) is 36.6 Å². The van der Waals surface area contributed by atoms with Gasteiger partial charge in [-0.05, 0) is 59.9 Å². The molecule has 4 nitrogen and oxygen atoms in total. The molecule has 0 heterocycles. The van der Waals surface area contributed by atoms with Crippen LogP contribution >= 0.6 is 11.8 Å². The number of aliphatic carboxylic acids is 1. The summed E-state index contributed by atoms with van der Waals surface area (Å²) in [6, 6.07) is 13.4. The molecular weight excluding hydrogens is 346 g/mol. The van der Waals surface area contributed by atoms with Crippen molar-refractivity contribution < 1.29 is 14.7 Å². The summed E-state index contributed by atoms with van der Waals surface area (Å²) in [6.07, 6.45) is 5.50. The molecule has 2 aromatic carbocycles. The van der Waals surface area contributed by atoms with Gasteiger partial charge in [0.25, 0.3) is 0 Å². The average molecular weight is 369 g/mol. The van der Waals surface area contributed by atoms with E-state index < -0.39 is 12.0 Å². The number of thioether (sulfide) groups is 1. The van der Waals surface area contributed by atoms with Gasteiger partial charge in [-0.15, -0.1) is 11.8 Å². The molecule has 0 saturated heterocycles. The van der Waals surface area contributed by atoms with Crippen LogP contribution in [0.4, 0.5) is 0 Å². The predicted octanol–water partition coefficient (Wildman–Crippen LogP) is 3.77. The molecule has 1 aliphatic carbocycles. The topological polar surface area (TPSA) is 66.4 Å². The molecule has 26 heavy (non-hydrogen) atoms. The summed E-state index contributed by atoms with van der Waals surface area (Å²) in [5, 5.41) is 12.1. The number of amides is 1. The zero-order valence-electron chi connectivity index (χ0n) is 14.8. The molecule has 2 N–H and O–H groups in total. The second-order valence-corrected chi connectivity index (χ2v) is 7.50. The molecule has 0 aromatic heterocycles. The number of carbonyl (C=O) groups excluding carboxylic acids is 1. The molecule has 0 fully saturated rings. The van der Waals surface area contributed by atoms with Gasteiger partial charge in [0.2, 0.25) is 5.91 Å². The summed E-state index contributed by atoms with van der Waals surface area (Å²) in [5.74, 6) is -1.08. The van der Waals surface area contributed by atoms with Crippen molar-refractivity contribution in [1.29, 1.82) is 0 Å². The molecule has 136 valence electrons. The van der Waals surface area contributed by atoms with E-state index in [0.717, 1.165) is 28.9 Å². The molecular formula is C21H23NO3S. The minimum Gasteiger partial charge on any atom is -0.481 e. The number of fused-ring (bicyclic) bond motifs is 1. The Morgan fingerprint density at radius 3 is 2.54 bits per heavy atom. The lowest BCUT2D eigenvalue weighted by Gasteiger charge is -2.18. The lowest BCUT2D eigenvalue weighted by Crippen LogP contribution is -2.31. The number of carbonyl (C=O) groups is 2. The third-order valence-electron chi connectivity index (χ3n) is 4.76. The van der Waals surface area contributed by atoms with Crippen molar-refractivity contribution in [2.75, 3.05) is 6.26 Å². The van der Waals surface area contributed by atoms with Gasteiger partial charge in [0.1, 0.15) is 0 Å². The van der Waals surface area contributed by atoms with Crippen molar-refractivity contribution in [1.82, 2.24) is 5.32 Å². The molecule has 0 saturated carbocycles. The fraction of sp³-hybridized carbons (Fsp3) is 0.333. The maximum absolute atomic E-state index is 12.5. The van der Waals surface area contributed by atoms with Crippen LogP contribution < -0.4 is 5.32 Å². The maximum atomic E-state index is 12.5. The monoisotopic (exact) mass is 369 g/mol. The molecule has 0 spiro atoms. The fourth-order valence-corrected chi connectivity index (χ4v) is 3.84. The maximum Gasteiger partial charge on any atom is 0.305 e. The third kappa shape index (κ3) is 4.67. The van der Waals surface area contributed by atoms with Crippen LogP contribution in [-0.2, 0) is 28.9 Å². The fourth-order valence-electron chi connectivity index (χ4n) is 3.43. The summed E-state index contributed by atoms with van der Waals surface area (Å²) in [7, 11) is 0. The first-order valence-electron chi connectivity index (χ1n) is 8.81. The number of carboxylic acid groups (broad SMARTS) is 1. The van der Waals surface area contributed by atoms with Crippen LogP contribution in [0.3, 0.4) is 0 Å². The van der Waals surface area contributed by atoms with Gasteiger partial charge in [0, 0.05) is 4.90 Å². The molecule has 1 aliphatic rings. The molecule has 3 rings (SSSR count). The van der Waals surface area contributed by atoms with E-state index >= 15 is 0 Å². The number of hydrogen-bond acceptors (Lipinski definition) is 3. The van der Waals surface area contributed by atoms with Gasteiger partial charge in [-0.2, -0.15) is 0 Å². The normalized spacial score (nSPS) is 13.9. The van der Waals surface area contributed by atoms with E-state index in [-0.39, 0.29) is 18.7 Å². The Bertz CT molecular complexity index is 801. The van der Waals surface area contributed by atoms with Gasteiger partial charge in [-0.25, -0.2) is 0 Å². The highest BCUT2D eigenvalue weighted by atomic mass is 32.2. The van der Waals surface area contributed by atoms with Gasteiger partial charge >= 0.3 is 5.97 Å². The lowest BCUT2D eigenvalue weighted by atomic mass is 10.0. The van der Waals surface area contributed by atoms with Crippen LogP contribution in [0.2, 0.25) is 0 Å². The Morgan fingerprint density at radius 1 is 1.12 bits per heavy atom. The van der Waals surface area contributed by atoms with Crippen LogP contribution in [0.5, 0.6) is 0 Å². The molecule has 0 radical (unpaired) electrons. The number of benzene rings is 2. The van der Waals surface area contributed by atoms with Gasteiger partial charge < -0.3 is 10.4 Å². The summed E-state index contributed by atoms with van der Waals surface area (Å²) in [5.41, 5.74) is 4.51. The van der Waals surface area contributed by atoms with Crippen LogP contribution in [-0.4, -0.2) is 23.2 Å². The van der Waals surface area contributed by atoms with E-state index in [9.17, 15) is 14.7 Å². The van der Waals surface area contributed by atoms with E-state index in [0.29, 0.717) is 0 Å². The zero-order valence-corrected chi connectivity index (χ0v) is 15.6. The van der Waals surface area contributed by atoms with Crippen molar-refractivity contribution in [2.45, 2.75) is 43.0 Å². The largest absolute Gasteiger partial charge is 0.481 e. The molecule has 1 amide bonds. The van der Waals surface area contributed by atoms with Crippen molar-refractivity contribution in [2.24, 2.45) is 0 Å². The molecule has 2 aromatic rings. The standard InChI is InChI=1S/C21H23NO3S/c1-26-18-9-7-16(8-10-18)19(13-21(24)25)22-20(23)12-14-5-6-15-3-2-4-17(15)11-14/h5-11,19H,2-4,12-13H2,1H3,(H,22,23)(H,24,25). The average Bonchev–Trinajstić information content (AvgIpc) is 3.08. The van der Waals surface area contributed by atoms with Crippen molar-refractivity contribution in [3.63, 3.8) is 0 Å². The van der Waals surface area contributed by atoms with Crippen molar-refractivity contribution in [3.8, 4) is 0 Å². The van der Waals surface area contributed by atoms with E-state index in [2.05, 4.69) is 17.4 Å². The Morgan fingerprint density at radius 2 is 1.85 bits per heavy atom. The number of nitrogens with one attached hydrogen (secondary N) is 1. The molecule has 1 atom stereocenters. The molecule has 5 heteroatoms. The van der Waals surface area contributed by atoms with Crippen molar-refractivity contribution in [3.05, 3.63) is 64.7 Å². The lowest BCUT2D eigenvalue weighted by molar-refractivity contribution is -0.137. The quantitative estimate of drug-likeness (QED) is 0.729. The minimum atomic E-state index is -0.929. The third-order valence-corrected chi connectivity index (χ3v) is 5.50. The van der Waals surface area contributed by atoms with E-state index in [1.54, 1.807) is 11.8 Å². The van der Waals surface area contributed by atoms with Gasteiger partial charge in [0.05, 0.1) is 18.9 Å². The second-order valence-electron chi connectivity index (χ2n) is 6.62. The Labute approximate surface area is 158 Å². The highest BCUT2D eigenvalue weighted by molar-refractivity contribution is 7.98.